The van der Waals surface area contributed by atoms with Gasteiger partial charge in [0.2, 0.25) is 5.78 Å². The molecular formula is C21H23N3O3S. The minimum Gasteiger partial charge on any atom is -0.503 e. The van der Waals surface area contributed by atoms with Crippen LogP contribution in [0.15, 0.2) is 53.4 Å². The summed E-state index contributed by atoms with van der Waals surface area (Å²) < 4.78 is 0. The van der Waals surface area contributed by atoms with Gasteiger partial charge in [-0.25, -0.2) is 0 Å². The number of ketones is 1. The first-order valence-corrected chi connectivity index (χ1v) is 10.5. The highest BCUT2D eigenvalue weighted by molar-refractivity contribution is 7.12. The fourth-order valence-corrected chi connectivity index (χ4v) is 4.65. The van der Waals surface area contributed by atoms with Crippen LogP contribution in [-0.2, 0) is 4.79 Å². The third kappa shape index (κ3) is 3.59. The fraction of sp³-hybridized carbons (Fsp3) is 0.381. The zero-order valence-electron chi connectivity index (χ0n) is 15.6. The van der Waals surface area contributed by atoms with E-state index in [9.17, 15) is 14.7 Å². The molecule has 1 unspecified atom stereocenters. The van der Waals surface area contributed by atoms with Gasteiger partial charge in [0.1, 0.15) is 0 Å². The molecule has 1 atom stereocenters. The van der Waals surface area contributed by atoms with Crippen molar-refractivity contribution in [1.29, 1.82) is 0 Å². The molecule has 1 amide bonds. The number of pyridine rings is 1. The van der Waals surface area contributed by atoms with Gasteiger partial charge in [-0.15, -0.1) is 11.3 Å². The molecule has 4 rings (SSSR count). The number of hydrogen-bond donors (Lipinski definition) is 1. The van der Waals surface area contributed by atoms with Crippen LogP contribution in [0, 0.1) is 0 Å². The van der Waals surface area contributed by atoms with E-state index in [4.69, 9.17) is 0 Å². The van der Waals surface area contributed by atoms with E-state index in [1.807, 2.05) is 11.4 Å². The first-order valence-electron chi connectivity index (χ1n) is 9.61. The summed E-state index contributed by atoms with van der Waals surface area (Å²) in [4.78, 5) is 34.6. The van der Waals surface area contributed by atoms with Gasteiger partial charge in [-0.05, 0) is 49.0 Å². The molecule has 28 heavy (non-hydrogen) atoms. The fourth-order valence-electron chi connectivity index (χ4n) is 3.97. The molecule has 146 valence electrons. The van der Waals surface area contributed by atoms with Crippen LogP contribution in [-0.4, -0.2) is 57.8 Å². The monoisotopic (exact) mass is 397 g/mol. The molecule has 0 saturated carbocycles. The Bertz CT molecular complexity index is 874. The number of rotatable bonds is 6. The average molecular weight is 398 g/mol. The number of nitrogens with zero attached hydrogens (tertiary/aromatic N) is 3. The topological polar surface area (TPSA) is 73.7 Å². The number of aliphatic hydroxyl groups excluding tert-OH is 1. The van der Waals surface area contributed by atoms with Crippen LogP contribution in [0.2, 0.25) is 0 Å². The van der Waals surface area contributed by atoms with Crippen molar-refractivity contribution in [3.63, 3.8) is 0 Å². The lowest BCUT2D eigenvalue weighted by Gasteiger charge is -2.31. The van der Waals surface area contributed by atoms with Crippen molar-refractivity contribution in [2.24, 2.45) is 0 Å². The summed E-state index contributed by atoms with van der Waals surface area (Å²) in [5, 5.41) is 12.4. The van der Waals surface area contributed by atoms with E-state index >= 15 is 0 Å². The molecule has 0 bridgehead atoms. The van der Waals surface area contributed by atoms with Crippen molar-refractivity contribution in [1.82, 2.24) is 14.8 Å². The van der Waals surface area contributed by atoms with Crippen LogP contribution in [0.3, 0.4) is 0 Å². The number of Topliss-reactive ketones (excluding diaryl/α,β-unsaturated/α-hetero) is 1. The number of amides is 1. The molecule has 2 aromatic heterocycles. The molecule has 0 radical (unpaired) electrons. The van der Waals surface area contributed by atoms with Gasteiger partial charge in [-0.2, -0.15) is 0 Å². The third-order valence-corrected chi connectivity index (χ3v) is 6.27. The number of piperidine rings is 1. The smallest absolute Gasteiger partial charge is 0.290 e. The first-order chi connectivity index (χ1) is 13.7. The Labute approximate surface area is 168 Å². The largest absolute Gasteiger partial charge is 0.503 e. The summed E-state index contributed by atoms with van der Waals surface area (Å²) in [5.74, 6) is -1.22. The van der Waals surface area contributed by atoms with E-state index in [-0.39, 0.29) is 11.4 Å². The van der Waals surface area contributed by atoms with Crippen LogP contribution in [0.5, 0.6) is 0 Å². The highest BCUT2D eigenvalue weighted by Gasteiger charge is 2.44. The lowest BCUT2D eigenvalue weighted by molar-refractivity contribution is -0.129. The highest BCUT2D eigenvalue weighted by atomic mass is 32.1. The van der Waals surface area contributed by atoms with Crippen LogP contribution >= 0.6 is 11.3 Å². The summed E-state index contributed by atoms with van der Waals surface area (Å²) in [5.41, 5.74) is 0.887. The van der Waals surface area contributed by atoms with Crippen LogP contribution < -0.4 is 0 Å². The second-order valence-corrected chi connectivity index (χ2v) is 8.11. The highest BCUT2D eigenvalue weighted by Crippen LogP contribution is 2.39. The average Bonchev–Trinajstić information content (AvgIpc) is 3.36. The summed E-state index contributed by atoms with van der Waals surface area (Å²) in [6.45, 7) is 3.25. The molecule has 0 spiro atoms. The summed E-state index contributed by atoms with van der Waals surface area (Å²) >= 11 is 1.31. The molecule has 1 fully saturated rings. The zero-order valence-corrected chi connectivity index (χ0v) is 16.4. The second-order valence-electron chi connectivity index (χ2n) is 7.16. The lowest BCUT2D eigenvalue weighted by Crippen LogP contribution is -2.40. The number of aliphatic hydroxyl groups is 1. The lowest BCUT2D eigenvalue weighted by atomic mass is 9.96. The Morgan fingerprint density at radius 1 is 1.18 bits per heavy atom. The summed E-state index contributed by atoms with van der Waals surface area (Å²) in [6, 6.07) is 6.53. The molecule has 2 aliphatic heterocycles. The Morgan fingerprint density at radius 2 is 2.00 bits per heavy atom. The number of carbonyl (C=O) groups is 2. The standard InChI is InChI=1S/C21H23N3O3S/c25-19(16-7-5-13-28-16)17-18(15-6-4-8-22-14-15)24(21(27)20(17)26)12-11-23-9-2-1-3-10-23/h4-8,13-14,18,26H,1-3,9-12H2. The zero-order chi connectivity index (χ0) is 19.5. The number of hydrogen-bond acceptors (Lipinski definition) is 6. The van der Waals surface area contributed by atoms with Crippen LogP contribution in [0.25, 0.3) is 0 Å². The second kappa shape index (κ2) is 8.24. The van der Waals surface area contributed by atoms with Gasteiger partial charge in [0.05, 0.1) is 16.5 Å². The molecule has 4 heterocycles. The molecular weight excluding hydrogens is 374 g/mol. The molecule has 7 heteroatoms. The van der Waals surface area contributed by atoms with E-state index in [1.54, 1.807) is 35.5 Å². The minimum absolute atomic E-state index is 0.152. The maximum absolute atomic E-state index is 13.1. The Hall–Kier alpha value is -2.51. The number of carbonyl (C=O) groups excluding carboxylic acids is 2. The number of likely N-dealkylation sites (tertiary alicyclic amines) is 1. The predicted octanol–water partition coefficient (Wildman–Crippen LogP) is 3.21. The molecule has 6 nitrogen and oxygen atoms in total. The van der Waals surface area contributed by atoms with Gasteiger partial charge in [0, 0.05) is 25.5 Å². The maximum atomic E-state index is 13.1. The van der Waals surface area contributed by atoms with E-state index in [0.29, 0.717) is 11.4 Å². The molecule has 0 aromatic carbocycles. The molecule has 0 aliphatic carbocycles. The van der Waals surface area contributed by atoms with Gasteiger partial charge < -0.3 is 14.9 Å². The Morgan fingerprint density at radius 3 is 2.68 bits per heavy atom. The van der Waals surface area contributed by atoms with Gasteiger partial charge in [0.25, 0.3) is 5.91 Å². The molecule has 2 aromatic rings. The van der Waals surface area contributed by atoms with Gasteiger partial charge >= 0.3 is 0 Å². The van der Waals surface area contributed by atoms with E-state index in [0.717, 1.165) is 25.2 Å². The maximum Gasteiger partial charge on any atom is 0.290 e. The van der Waals surface area contributed by atoms with Gasteiger partial charge in [-0.1, -0.05) is 18.6 Å². The summed E-state index contributed by atoms with van der Waals surface area (Å²) in [7, 11) is 0. The Balaban J connectivity index is 1.64. The quantitative estimate of drug-likeness (QED) is 0.758. The normalized spacial score (nSPS) is 20.8. The van der Waals surface area contributed by atoms with Gasteiger partial charge in [0.15, 0.2) is 5.76 Å². The number of thiophene rings is 1. The Kier molecular flexibility index (Phi) is 5.54. The molecule has 1 N–H and O–H groups in total. The summed E-state index contributed by atoms with van der Waals surface area (Å²) in [6.07, 6.45) is 6.91. The van der Waals surface area contributed by atoms with E-state index in [2.05, 4.69) is 9.88 Å². The molecule has 2 aliphatic rings. The van der Waals surface area contributed by atoms with Gasteiger partial charge in [-0.3, -0.25) is 14.6 Å². The third-order valence-electron chi connectivity index (χ3n) is 5.40. The van der Waals surface area contributed by atoms with Crippen LogP contribution in [0.1, 0.15) is 40.5 Å². The molecule has 1 saturated heterocycles. The van der Waals surface area contributed by atoms with Crippen molar-refractivity contribution >= 4 is 23.0 Å². The van der Waals surface area contributed by atoms with E-state index in [1.165, 1.54) is 30.6 Å². The predicted molar refractivity (Wildman–Crippen MR) is 107 cm³/mol. The van der Waals surface area contributed by atoms with E-state index < -0.39 is 17.7 Å². The van der Waals surface area contributed by atoms with Crippen molar-refractivity contribution < 1.29 is 14.7 Å². The first kappa shape index (κ1) is 18.8. The van der Waals surface area contributed by atoms with Crippen LogP contribution in [0.4, 0.5) is 0 Å². The van der Waals surface area contributed by atoms with Crippen molar-refractivity contribution in [3.05, 3.63) is 63.8 Å². The van der Waals surface area contributed by atoms with Crippen molar-refractivity contribution in [3.8, 4) is 0 Å². The SMILES string of the molecule is O=C(C1=C(O)C(=O)N(CCN2CCCCC2)C1c1cccnc1)c1cccs1. The minimum atomic E-state index is -0.611. The number of aromatic nitrogens is 1. The van der Waals surface area contributed by atoms with Crippen molar-refractivity contribution in [2.75, 3.05) is 26.2 Å². The van der Waals surface area contributed by atoms with Crippen molar-refractivity contribution in [2.45, 2.75) is 25.3 Å².